The minimum Gasteiger partial charge on any atom is -0.273 e. The standard InChI is InChI=1S/C24H28N2O2S/c27-22(14-24-11-16-7-17(12-24)9-18(8-16)13-24)25-26-23(28)15-29-21-6-5-19-3-1-2-4-20(19)10-21/h1-6,10,16-18H,7-9,11-15H2,(H,25,27)(H,26,28). The third-order valence-electron chi connectivity index (χ3n) is 7.13. The molecule has 5 heteroatoms. The van der Waals surface area contributed by atoms with Crippen molar-refractivity contribution in [3.05, 3.63) is 42.5 Å². The van der Waals surface area contributed by atoms with Crippen LogP contribution >= 0.6 is 11.8 Å². The molecule has 29 heavy (non-hydrogen) atoms. The molecule has 2 N–H and O–H groups in total. The lowest BCUT2D eigenvalue weighted by Crippen LogP contribution is -2.50. The van der Waals surface area contributed by atoms with Crippen molar-refractivity contribution in [2.75, 3.05) is 5.75 Å². The van der Waals surface area contributed by atoms with Crippen LogP contribution in [-0.4, -0.2) is 17.6 Å². The molecule has 4 saturated carbocycles. The Kier molecular flexibility index (Phi) is 5.02. The normalized spacial score (nSPS) is 29.7. The number of hydrogen-bond acceptors (Lipinski definition) is 3. The molecule has 2 amide bonds. The molecule has 0 heterocycles. The summed E-state index contributed by atoms with van der Waals surface area (Å²) in [5.41, 5.74) is 5.48. The lowest BCUT2D eigenvalue weighted by Gasteiger charge is -2.56. The van der Waals surface area contributed by atoms with E-state index in [2.05, 4.69) is 35.1 Å². The Morgan fingerprint density at radius 2 is 1.48 bits per heavy atom. The van der Waals surface area contributed by atoms with Gasteiger partial charge in [0.1, 0.15) is 0 Å². The number of hydrazine groups is 1. The molecule has 6 rings (SSSR count). The molecule has 0 radical (unpaired) electrons. The van der Waals surface area contributed by atoms with E-state index in [1.165, 1.54) is 61.1 Å². The van der Waals surface area contributed by atoms with E-state index in [0.717, 1.165) is 22.6 Å². The summed E-state index contributed by atoms with van der Waals surface area (Å²) in [6.07, 6.45) is 8.32. The summed E-state index contributed by atoms with van der Waals surface area (Å²) in [5, 5.41) is 2.36. The number of carbonyl (C=O) groups excluding carboxylic acids is 2. The molecule has 4 bridgehead atoms. The van der Waals surface area contributed by atoms with E-state index in [1.807, 2.05) is 18.2 Å². The van der Waals surface area contributed by atoms with Gasteiger partial charge in [0, 0.05) is 11.3 Å². The van der Waals surface area contributed by atoms with Gasteiger partial charge < -0.3 is 0 Å². The van der Waals surface area contributed by atoms with Crippen LogP contribution in [0.15, 0.2) is 47.4 Å². The van der Waals surface area contributed by atoms with Crippen LogP contribution in [0, 0.1) is 23.2 Å². The molecule has 0 aromatic heterocycles. The Labute approximate surface area is 176 Å². The Morgan fingerprint density at radius 3 is 2.17 bits per heavy atom. The summed E-state index contributed by atoms with van der Waals surface area (Å²) in [4.78, 5) is 25.8. The molecule has 0 atom stereocenters. The van der Waals surface area contributed by atoms with Gasteiger partial charge in [-0.2, -0.15) is 0 Å². The van der Waals surface area contributed by atoms with Gasteiger partial charge in [-0.25, -0.2) is 0 Å². The minimum atomic E-state index is -0.165. The van der Waals surface area contributed by atoms with Crippen molar-refractivity contribution in [3.63, 3.8) is 0 Å². The molecular formula is C24H28N2O2S. The van der Waals surface area contributed by atoms with Gasteiger partial charge in [0.15, 0.2) is 0 Å². The van der Waals surface area contributed by atoms with Crippen molar-refractivity contribution in [2.45, 2.75) is 49.8 Å². The van der Waals surface area contributed by atoms with Gasteiger partial charge in [-0.05, 0) is 84.6 Å². The van der Waals surface area contributed by atoms with Crippen molar-refractivity contribution in [1.29, 1.82) is 0 Å². The first-order chi connectivity index (χ1) is 14.1. The second-order valence-electron chi connectivity index (χ2n) is 9.49. The number of fused-ring (bicyclic) bond motifs is 1. The molecule has 4 aliphatic rings. The smallest absolute Gasteiger partial charge is 0.248 e. The highest BCUT2D eigenvalue weighted by Gasteiger charge is 2.51. The molecule has 0 saturated heterocycles. The number of carbonyl (C=O) groups is 2. The predicted molar refractivity (Wildman–Crippen MR) is 116 cm³/mol. The van der Waals surface area contributed by atoms with Crippen molar-refractivity contribution in [3.8, 4) is 0 Å². The summed E-state index contributed by atoms with van der Waals surface area (Å²) in [6.45, 7) is 0. The summed E-state index contributed by atoms with van der Waals surface area (Å²) >= 11 is 1.49. The van der Waals surface area contributed by atoms with Crippen LogP contribution in [0.3, 0.4) is 0 Å². The molecule has 4 fully saturated rings. The van der Waals surface area contributed by atoms with Crippen molar-refractivity contribution >= 4 is 34.3 Å². The number of rotatable bonds is 5. The van der Waals surface area contributed by atoms with E-state index in [0.29, 0.717) is 6.42 Å². The third-order valence-corrected chi connectivity index (χ3v) is 8.13. The number of nitrogens with one attached hydrogen (secondary N) is 2. The Morgan fingerprint density at radius 1 is 0.862 bits per heavy atom. The summed E-state index contributed by atoms with van der Waals surface area (Å²) in [5.74, 6) is 2.60. The molecule has 152 valence electrons. The van der Waals surface area contributed by atoms with Gasteiger partial charge in [0.05, 0.1) is 5.75 Å². The fraction of sp³-hybridized carbons (Fsp3) is 0.500. The van der Waals surface area contributed by atoms with Crippen LogP contribution in [0.1, 0.15) is 44.9 Å². The van der Waals surface area contributed by atoms with E-state index in [4.69, 9.17) is 0 Å². The SMILES string of the molecule is O=C(CSc1ccc2ccccc2c1)NNC(=O)CC12CC3CC(CC(C3)C1)C2. The summed E-state index contributed by atoms with van der Waals surface area (Å²) in [6, 6.07) is 14.4. The predicted octanol–water partition coefficient (Wildman–Crippen LogP) is 4.69. The number of amides is 2. The average Bonchev–Trinajstić information content (AvgIpc) is 2.69. The summed E-state index contributed by atoms with van der Waals surface area (Å²) < 4.78 is 0. The molecule has 0 spiro atoms. The fourth-order valence-electron chi connectivity index (χ4n) is 6.47. The Balaban J connectivity index is 1.09. The molecule has 0 unspecified atom stereocenters. The Bertz CT molecular complexity index is 906. The lowest BCUT2D eigenvalue weighted by atomic mass is 9.49. The maximum absolute atomic E-state index is 12.5. The average molecular weight is 409 g/mol. The zero-order valence-corrected chi connectivity index (χ0v) is 17.5. The highest BCUT2D eigenvalue weighted by atomic mass is 32.2. The van der Waals surface area contributed by atoms with Gasteiger partial charge in [-0.3, -0.25) is 20.4 Å². The molecule has 4 aliphatic carbocycles. The van der Waals surface area contributed by atoms with Crippen LogP contribution in [-0.2, 0) is 9.59 Å². The third kappa shape index (κ3) is 4.16. The maximum Gasteiger partial charge on any atom is 0.248 e. The minimum absolute atomic E-state index is 0.0315. The maximum atomic E-state index is 12.5. The fourth-order valence-corrected chi connectivity index (χ4v) is 7.22. The lowest BCUT2D eigenvalue weighted by molar-refractivity contribution is -0.133. The zero-order chi connectivity index (χ0) is 19.8. The molecule has 0 aliphatic heterocycles. The van der Waals surface area contributed by atoms with Crippen molar-refractivity contribution in [2.24, 2.45) is 23.2 Å². The van der Waals surface area contributed by atoms with E-state index in [-0.39, 0.29) is 23.0 Å². The van der Waals surface area contributed by atoms with Crippen molar-refractivity contribution in [1.82, 2.24) is 10.9 Å². The molecular weight excluding hydrogens is 380 g/mol. The quantitative estimate of drug-likeness (QED) is 0.558. The largest absolute Gasteiger partial charge is 0.273 e. The number of benzene rings is 2. The first-order valence-corrected chi connectivity index (χ1v) is 11.7. The van der Waals surface area contributed by atoms with Crippen molar-refractivity contribution < 1.29 is 9.59 Å². The zero-order valence-electron chi connectivity index (χ0n) is 16.7. The van der Waals surface area contributed by atoms with Gasteiger partial charge in [-0.1, -0.05) is 30.3 Å². The second-order valence-corrected chi connectivity index (χ2v) is 10.5. The van der Waals surface area contributed by atoms with Crippen LogP contribution < -0.4 is 10.9 Å². The van der Waals surface area contributed by atoms with E-state index >= 15 is 0 Å². The number of hydrogen-bond donors (Lipinski definition) is 2. The van der Waals surface area contributed by atoms with Crippen LogP contribution in [0.2, 0.25) is 0 Å². The van der Waals surface area contributed by atoms with Gasteiger partial charge in [0.25, 0.3) is 0 Å². The topological polar surface area (TPSA) is 58.2 Å². The summed E-state index contributed by atoms with van der Waals surface area (Å²) in [7, 11) is 0. The van der Waals surface area contributed by atoms with Gasteiger partial charge in [0.2, 0.25) is 11.8 Å². The van der Waals surface area contributed by atoms with Crippen LogP contribution in [0.5, 0.6) is 0 Å². The monoisotopic (exact) mass is 408 g/mol. The molecule has 2 aromatic rings. The van der Waals surface area contributed by atoms with Crippen LogP contribution in [0.4, 0.5) is 0 Å². The van der Waals surface area contributed by atoms with Gasteiger partial charge >= 0.3 is 0 Å². The first kappa shape index (κ1) is 19.0. The van der Waals surface area contributed by atoms with E-state index in [1.54, 1.807) is 0 Å². The number of thioether (sulfide) groups is 1. The second kappa shape index (κ2) is 7.67. The van der Waals surface area contributed by atoms with Crippen LogP contribution in [0.25, 0.3) is 10.8 Å². The highest BCUT2D eigenvalue weighted by molar-refractivity contribution is 8.00. The first-order valence-electron chi connectivity index (χ1n) is 10.8. The van der Waals surface area contributed by atoms with E-state index in [9.17, 15) is 9.59 Å². The molecule has 2 aromatic carbocycles. The molecule has 4 nitrogen and oxygen atoms in total. The highest BCUT2D eigenvalue weighted by Crippen LogP contribution is 2.61. The van der Waals surface area contributed by atoms with E-state index < -0.39 is 0 Å². The Hall–Kier alpha value is -2.01. The van der Waals surface area contributed by atoms with Gasteiger partial charge in [-0.15, -0.1) is 11.8 Å².